The Morgan fingerprint density at radius 3 is 3.00 bits per heavy atom. The number of carbonyl (C=O) groups excluding carboxylic acids is 1. The molecule has 3 rings (SSSR count). The number of ether oxygens (including phenoxy) is 1. The van der Waals surface area contributed by atoms with Crippen LogP contribution >= 0.6 is 11.8 Å². The van der Waals surface area contributed by atoms with Crippen molar-refractivity contribution in [2.45, 2.75) is 35.9 Å². The largest absolute Gasteiger partial charge is 0.374 e. The first-order valence-corrected chi connectivity index (χ1v) is 9.37. The van der Waals surface area contributed by atoms with Crippen molar-refractivity contribution in [2.75, 3.05) is 12.4 Å². The normalized spacial score (nSPS) is 12.1. The third-order valence-corrected chi connectivity index (χ3v) is 5.11. The van der Waals surface area contributed by atoms with E-state index in [4.69, 9.17) is 9.26 Å². The first-order valence-electron chi connectivity index (χ1n) is 8.56. The van der Waals surface area contributed by atoms with E-state index in [0.29, 0.717) is 22.3 Å². The summed E-state index contributed by atoms with van der Waals surface area (Å²) in [6, 6.07) is 4.24. The SMILES string of the molecule is CO[C@@H](C)c1noc(CCC(=O)Nc2cc(F)ccc2Sc2nccn2C)n1. The Bertz CT molecular complexity index is 958. The number of anilines is 1. The van der Waals surface area contributed by atoms with E-state index >= 15 is 0 Å². The van der Waals surface area contributed by atoms with Crippen LogP contribution in [0.3, 0.4) is 0 Å². The van der Waals surface area contributed by atoms with Crippen molar-refractivity contribution in [1.82, 2.24) is 19.7 Å². The summed E-state index contributed by atoms with van der Waals surface area (Å²) in [6.07, 6.45) is 3.59. The lowest BCUT2D eigenvalue weighted by molar-refractivity contribution is -0.116. The molecule has 0 bridgehead atoms. The minimum Gasteiger partial charge on any atom is -0.374 e. The van der Waals surface area contributed by atoms with Crippen LogP contribution in [0.1, 0.15) is 31.2 Å². The summed E-state index contributed by atoms with van der Waals surface area (Å²) in [4.78, 5) is 21.5. The van der Waals surface area contributed by atoms with Crippen molar-refractivity contribution in [3.8, 4) is 0 Å². The average molecular weight is 405 g/mol. The number of carbonyl (C=O) groups is 1. The van der Waals surface area contributed by atoms with Crippen LogP contribution in [-0.4, -0.2) is 32.7 Å². The molecule has 2 heterocycles. The number of rotatable bonds is 8. The number of imidazole rings is 1. The second-order valence-electron chi connectivity index (χ2n) is 6.04. The van der Waals surface area contributed by atoms with Crippen molar-refractivity contribution in [3.05, 3.63) is 48.1 Å². The fourth-order valence-electron chi connectivity index (χ4n) is 2.31. The van der Waals surface area contributed by atoms with Gasteiger partial charge in [0.25, 0.3) is 0 Å². The highest BCUT2D eigenvalue weighted by molar-refractivity contribution is 7.99. The molecule has 0 fully saturated rings. The lowest BCUT2D eigenvalue weighted by Crippen LogP contribution is -2.13. The molecule has 1 N–H and O–H groups in total. The first kappa shape index (κ1) is 20.0. The molecule has 8 nitrogen and oxygen atoms in total. The molecule has 0 saturated heterocycles. The van der Waals surface area contributed by atoms with Gasteiger partial charge in [0.2, 0.25) is 11.8 Å². The maximum Gasteiger partial charge on any atom is 0.227 e. The Morgan fingerprint density at radius 2 is 2.29 bits per heavy atom. The van der Waals surface area contributed by atoms with Crippen LogP contribution in [0.25, 0.3) is 0 Å². The monoisotopic (exact) mass is 405 g/mol. The fourth-order valence-corrected chi connectivity index (χ4v) is 3.18. The molecule has 0 aliphatic carbocycles. The minimum absolute atomic E-state index is 0.117. The van der Waals surface area contributed by atoms with Crippen molar-refractivity contribution in [2.24, 2.45) is 7.05 Å². The van der Waals surface area contributed by atoms with Gasteiger partial charge in [-0.25, -0.2) is 9.37 Å². The van der Waals surface area contributed by atoms with E-state index in [-0.39, 0.29) is 24.9 Å². The molecule has 0 unspecified atom stereocenters. The number of nitrogens with zero attached hydrogens (tertiary/aromatic N) is 4. The zero-order chi connectivity index (χ0) is 20.1. The van der Waals surface area contributed by atoms with E-state index in [9.17, 15) is 9.18 Å². The van der Waals surface area contributed by atoms with Crippen molar-refractivity contribution in [3.63, 3.8) is 0 Å². The standard InChI is InChI=1S/C18H20FN5O3S/c1-11(26-3)17-22-16(27-23-17)7-6-15(25)21-13-10-12(19)4-5-14(13)28-18-20-8-9-24(18)2/h4-5,8-11H,6-7H2,1-3H3,(H,21,25)/t11-/m0/s1. The maximum atomic E-state index is 13.7. The topological polar surface area (TPSA) is 95.1 Å². The molecular formula is C18H20FN5O3S. The molecule has 2 aromatic heterocycles. The summed E-state index contributed by atoms with van der Waals surface area (Å²) in [6.45, 7) is 1.80. The molecule has 0 radical (unpaired) electrons. The van der Waals surface area contributed by atoms with Gasteiger partial charge >= 0.3 is 0 Å². The summed E-state index contributed by atoms with van der Waals surface area (Å²) in [5, 5.41) is 7.29. The van der Waals surface area contributed by atoms with Gasteiger partial charge in [0.1, 0.15) is 11.9 Å². The van der Waals surface area contributed by atoms with Gasteiger partial charge in [-0.05, 0) is 36.9 Å². The molecular weight excluding hydrogens is 385 g/mol. The smallest absolute Gasteiger partial charge is 0.227 e. The predicted molar refractivity (Wildman–Crippen MR) is 100 cm³/mol. The Hall–Kier alpha value is -2.72. The van der Waals surface area contributed by atoms with E-state index in [1.54, 1.807) is 26.3 Å². The van der Waals surface area contributed by atoms with Crippen LogP contribution in [-0.2, 0) is 23.0 Å². The van der Waals surface area contributed by atoms with Crippen LogP contribution in [0.15, 0.2) is 45.2 Å². The molecule has 0 aliphatic heterocycles. The predicted octanol–water partition coefficient (Wildman–Crippen LogP) is 3.37. The average Bonchev–Trinajstić information content (AvgIpc) is 3.31. The molecule has 1 aromatic carbocycles. The number of halogens is 1. The number of hydrogen-bond acceptors (Lipinski definition) is 7. The Morgan fingerprint density at radius 1 is 1.46 bits per heavy atom. The molecule has 3 aromatic rings. The van der Waals surface area contributed by atoms with E-state index in [1.807, 2.05) is 17.8 Å². The number of aromatic nitrogens is 4. The van der Waals surface area contributed by atoms with Crippen LogP contribution < -0.4 is 5.32 Å². The summed E-state index contributed by atoms with van der Waals surface area (Å²) in [5.41, 5.74) is 0.386. The van der Waals surface area contributed by atoms with Crippen LogP contribution in [0.2, 0.25) is 0 Å². The summed E-state index contributed by atoms with van der Waals surface area (Å²) in [5.74, 6) is 0.0501. The van der Waals surface area contributed by atoms with Crippen molar-refractivity contribution >= 4 is 23.4 Å². The van der Waals surface area contributed by atoms with Gasteiger partial charge < -0.3 is 19.1 Å². The van der Waals surface area contributed by atoms with E-state index in [2.05, 4.69) is 20.4 Å². The molecule has 0 aliphatic rings. The van der Waals surface area contributed by atoms with E-state index in [1.165, 1.54) is 23.9 Å². The van der Waals surface area contributed by atoms with Gasteiger partial charge in [-0.3, -0.25) is 4.79 Å². The van der Waals surface area contributed by atoms with Crippen molar-refractivity contribution < 1.29 is 18.4 Å². The van der Waals surface area contributed by atoms with Gasteiger partial charge in [-0.2, -0.15) is 4.98 Å². The van der Waals surface area contributed by atoms with Crippen LogP contribution in [0, 0.1) is 5.82 Å². The number of aryl methyl sites for hydroxylation is 2. The number of nitrogens with one attached hydrogen (secondary N) is 1. The molecule has 0 spiro atoms. The highest BCUT2D eigenvalue weighted by Gasteiger charge is 2.15. The summed E-state index contributed by atoms with van der Waals surface area (Å²) < 4.78 is 25.8. The summed E-state index contributed by atoms with van der Waals surface area (Å²) in [7, 11) is 3.41. The van der Waals surface area contributed by atoms with Gasteiger partial charge in [0, 0.05) is 44.3 Å². The molecule has 10 heteroatoms. The van der Waals surface area contributed by atoms with Gasteiger partial charge in [0.15, 0.2) is 11.0 Å². The minimum atomic E-state index is -0.436. The second-order valence-corrected chi connectivity index (χ2v) is 7.04. The highest BCUT2D eigenvalue weighted by atomic mass is 32.2. The van der Waals surface area contributed by atoms with Crippen molar-refractivity contribution in [1.29, 1.82) is 0 Å². The first-order chi connectivity index (χ1) is 13.5. The number of amides is 1. The zero-order valence-electron chi connectivity index (χ0n) is 15.7. The number of benzene rings is 1. The molecule has 1 amide bonds. The third-order valence-electron chi connectivity index (χ3n) is 3.96. The fraction of sp³-hybridized carbons (Fsp3) is 0.333. The van der Waals surface area contributed by atoms with Gasteiger partial charge in [-0.1, -0.05) is 5.16 Å². The van der Waals surface area contributed by atoms with E-state index in [0.717, 1.165) is 5.16 Å². The number of hydrogen-bond donors (Lipinski definition) is 1. The Labute approximate surface area is 165 Å². The zero-order valence-corrected chi connectivity index (χ0v) is 16.5. The Kier molecular flexibility index (Phi) is 6.42. The quantitative estimate of drug-likeness (QED) is 0.614. The lowest BCUT2D eigenvalue weighted by Gasteiger charge is -2.10. The summed E-state index contributed by atoms with van der Waals surface area (Å²) >= 11 is 1.34. The van der Waals surface area contributed by atoms with Crippen LogP contribution in [0.4, 0.5) is 10.1 Å². The van der Waals surface area contributed by atoms with Crippen LogP contribution in [0.5, 0.6) is 0 Å². The maximum absolute atomic E-state index is 13.7. The molecule has 28 heavy (non-hydrogen) atoms. The third kappa shape index (κ3) is 4.96. The lowest BCUT2D eigenvalue weighted by atomic mass is 10.2. The van der Waals surface area contributed by atoms with E-state index < -0.39 is 5.82 Å². The molecule has 0 saturated carbocycles. The molecule has 148 valence electrons. The molecule has 1 atom stereocenters. The highest BCUT2D eigenvalue weighted by Crippen LogP contribution is 2.33. The van der Waals surface area contributed by atoms with Gasteiger partial charge in [-0.15, -0.1) is 0 Å². The Balaban J connectivity index is 1.64. The van der Waals surface area contributed by atoms with Gasteiger partial charge in [0.05, 0.1) is 5.69 Å². The second kappa shape index (κ2) is 8.98. The number of methoxy groups -OCH3 is 1.